The first-order chi connectivity index (χ1) is 9.46. The third-order valence-corrected chi connectivity index (χ3v) is 4.04. The van der Waals surface area contributed by atoms with Crippen molar-refractivity contribution in [3.05, 3.63) is 29.3 Å². The molecule has 1 unspecified atom stereocenters. The van der Waals surface area contributed by atoms with Crippen molar-refractivity contribution in [3.8, 4) is 5.75 Å². The van der Waals surface area contributed by atoms with Crippen LogP contribution >= 0.6 is 0 Å². The number of benzene rings is 1. The minimum atomic E-state index is -0.749. The molecule has 0 aromatic heterocycles. The quantitative estimate of drug-likeness (QED) is 0.866. The molecule has 1 aromatic carbocycles. The molecule has 0 amide bonds. The summed E-state index contributed by atoms with van der Waals surface area (Å²) >= 11 is 0. The van der Waals surface area contributed by atoms with Crippen LogP contribution in [0.5, 0.6) is 5.75 Å². The summed E-state index contributed by atoms with van der Waals surface area (Å²) in [6.45, 7) is 4.70. The normalized spacial score (nSPS) is 21.1. The predicted octanol–water partition coefficient (Wildman–Crippen LogP) is 2.35. The van der Waals surface area contributed by atoms with Gasteiger partial charge in [0, 0.05) is 18.5 Å². The molecule has 2 aliphatic rings. The number of para-hydroxylation sites is 1. The Labute approximate surface area is 119 Å². The minimum absolute atomic E-state index is 0.166. The second-order valence-electron chi connectivity index (χ2n) is 6.48. The smallest absolute Gasteiger partial charge is 0.320 e. The van der Waals surface area contributed by atoms with Gasteiger partial charge in [-0.2, -0.15) is 0 Å². The zero-order chi connectivity index (χ0) is 14.3. The highest BCUT2D eigenvalue weighted by atomic mass is 16.5. The number of fused-ring (bicyclic) bond motifs is 1. The molecule has 4 nitrogen and oxygen atoms in total. The van der Waals surface area contributed by atoms with E-state index >= 15 is 0 Å². The monoisotopic (exact) mass is 275 g/mol. The number of carbonyl (C=O) groups is 1. The van der Waals surface area contributed by atoms with E-state index in [0.717, 1.165) is 30.6 Å². The summed E-state index contributed by atoms with van der Waals surface area (Å²) in [5.41, 5.74) is 2.11. The molecule has 0 spiro atoms. The minimum Gasteiger partial charge on any atom is -0.487 e. The predicted molar refractivity (Wildman–Crippen MR) is 75.8 cm³/mol. The van der Waals surface area contributed by atoms with Crippen LogP contribution in [0, 0.1) is 5.92 Å². The van der Waals surface area contributed by atoms with Crippen LogP contribution in [-0.2, 0) is 17.8 Å². The van der Waals surface area contributed by atoms with E-state index in [-0.39, 0.29) is 5.60 Å². The molecule has 0 saturated heterocycles. The van der Waals surface area contributed by atoms with E-state index in [1.54, 1.807) is 0 Å². The Balaban J connectivity index is 1.73. The summed E-state index contributed by atoms with van der Waals surface area (Å²) < 4.78 is 6.01. The maximum atomic E-state index is 11.2. The molecule has 2 N–H and O–H groups in total. The first-order valence-electron chi connectivity index (χ1n) is 7.22. The fourth-order valence-corrected chi connectivity index (χ4v) is 2.92. The number of hydrogen-bond acceptors (Lipinski definition) is 3. The number of nitrogens with one attached hydrogen (secondary N) is 1. The molecule has 0 radical (unpaired) electrons. The molecule has 0 bridgehead atoms. The summed E-state index contributed by atoms with van der Waals surface area (Å²) in [6, 6.07) is 5.69. The summed E-state index contributed by atoms with van der Waals surface area (Å²) in [5.74, 6) is 0.480. The Hall–Kier alpha value is -1.55. The van der Waals surface area contributed by atoms with E-state index < -0.39 is 12.0 Å². The Morgan fingerprint density at radius 1 is 1.50 bits per heavy atom. The lowest BCUT2D eigenvalue weighted by Gasteiger charge is -2.19. The summed E-state index contributed by atoms with van der Waals surface area (Å²) in [5, 5.41) is 12.4. The second-order valence-corrected chi connectivity index (χ2v) is 6.48. The van der Waals surface area contributed by atoms with Gasteiger partial charge >= 0.3 is 5.97 Å². The van der Waals surface area contributed by atoms with E-state index in [9.17, 15) is 9.90 Å². The van der Waals surface area contributed by atoms with Crippen LogP contribution in [0.2, 0.25) is 0 Å². The fraction of sp³-hybridized carbons (Fsp3) is 0.562. The van der Waals surface area contributed by atoms with Crippen molar-refractivity contribution in [2.45, 2.75) is 51.3 Å². The lowest BCUT2D eigenvalue weighted by atomic mass is 10.0. The number of carboxylic acid groups (broad SMARTS) is 1. The van der Waals surface area contributed by atoms with Crippen molar-refractivity contribution < 1.29 is 14.6 Å². The third kappa shape index (κ3) is 2.66. The maximum Gasteiger partial charge on any atom is 0.320 e. The Bertz CT molecular complexity index is 535. The van der Waals surface area contributed by atoms with Crippen molar-refractivity contribution in [2.24, 2.45) is 5.92 Å². The molecule has 4 heteroatoms. The Kier molecular flexibility index (Phi) is 3.21. The molecule has 1 fully saturated rings. The first kappa shape index (κ1) is 13.4. The van der Waals surface area contributed by atoms with Gasteiger partial charge in [0.15, 0.2) is 0 Å². The molecule has 1 heterocycles. The maximum absolute atomic E-state index is 11.2. The van der Waals surface area contributed by atoms with Gasteiger partial charge < -0.3 is 9.84 Å². The number of aliphatic carboxylic acids is 1. The van der Waals surface area contributed by atoms with E-state index in [0.29, 0.717) is 12.5 Å². The van der Waals surface area contributed by atoms with Gasteiger partial charge in [-0.1, -0.05) is 18.2 Å². The van der Waals surface area contributed by atoms with E-state index in [2.05, 4.69) is 25.2 Å². The van der Waals surface area contributed by atoms with Gasteiger partial charge in [-0.15, -0.1) is 0 Å². The molecule has 1 atom stereocenters. The van der Waals surface area contributed by atoms with E-state index in [1.807, 2.05) is 12.1 Å². The average molecular weight is 275 g/mol. The highest BCUT2D eigenvalue weighted by Crippen LogP contribution is 2.38. The second kappa shape index (κ2) is 4.77. The molecular weight excluding hydrogens is 254 g/mol. The van der Waals surface area contributed by atoms with Crippen molar-refractivity contribution in [1.82, 2.24) is 5.32 Å². The van der Waals surface area contributed by atoms with Crippen molar-refractivity contribution >= 4 is 5.97 Å². The highest BCUT2D eigenvalue weighted by Gasteiger charge is 2.36. The van der Waals surface area contributed by atoms with Gasteiger partial charge in [0.05, 0.1) is 0 Å². The van der Waals surface area contributed by atoms with Crippen molar-refractivity contribution in [2.75, 3.05) is 0 Å². The molecule has 1 saturated carbocycles. The summed E-state index contributed by atoms with van der Waals surface area (Å²) in [7, 11) is 0. The standard InChI is InChI=1S/C16H21NO3/c1-16(2)8-11-4-3-5-12(14(11)20-16)9-17-13(15(18)19)10-6-7-10/h3-5,10,13,17H,6-9H2,1-2H3,(H,18,19). The molecular formula is C16H21NO3. The topological polar surface area (TPSA) is 58.6 Å². The SMILES string of the molecule is CC1(C)Cc2cccc(CNC(C(=O)O)C3CC3)c2O1. The van der Waals surface area contributed by atoms with Crippen LogP contribution < -0.4 is 10.1 Å². The summed E-state index contributed by atoms with van der Waals surface area (Å²) in [4.78, 5) is 11.2. The Morgan fingerprint density at radius 3 is 2.90 bits per heavy atom. The molecule has 1 aliphatic heterocycles. The average Bonchev–Trinajstić information content (AvgIpc) is 3.11. The molecule has 3 rings (SSSR count). The van der Waals surface area contributed by atoms with Gasteiger partial charge in [0.1, 0.15) is 17.4 Å². The van der Waals surface area contributed by atoms with E-state index in [1.165, 1.54) is 5.56 Å². The lowest BCUT2D eigenvalue weighted by molar-refractivity contribution is -0.140. The number of hydrogen-bond donors (Lipinski definition) is 2. The van der Waals surface area contributed by atoms with Crippen LogP contribution in [0.3, 0.4) is 0 Å². The van der Waals surface area contributed by atoms with Gasteiger partial charge in [-0.3, -0.25) is 10.1 Å². The summed E-state index contributed by atoms with van der Waals surface area (Å²) in [6.07, 6.45) is 2.93. The van der Waals surface area contributed by atoms with Crippen LogP contribution in [0.15, 0.2) is 18.2 Å². The van der Waals surface area contributed by atoms with Crippen molar-refractivity contribution in [1.29, 1.82) is 0 Å². The Morgan fingerprint density at radius 2 is 2.25 bits per heavy atom. The molecule has 20 heavy (non-hydrogen) atoms. The lowest BCUT2D eigenvalue weighted by Crippen LogP contribution is -2.38. The first-order valence-corrected chi connectivity index (χ1v) is 7.22. The zero-order valence-corrected chi connectivity index (χ0v) is 12.0. The van der Waals surface area contributed by atoms with Gasteiger partial charge in [-0.05, 0) is 38.2 Å². The van der Waals surface area contributed by atoms with Gasteiger partial charge in [0.25, 0.3) is 0 Å². The fourth-order valence-electron chi connectivity index (χ4n) is 2.92. The van der Waals surface area contributed by atoms with Gasteiger partial charge in [-0.25, -0.2) is 0 Å². The van der Waals surface area contributed by atoms with Crippen LogP contribution in [0.4, 0.5) is 0 Å². The van der Waals surface area contributed by atoms with E-state index in [4.69, 9.17) is 4.74 Å². The third-order valence-electron chi connectivity index (χ3n) is 4.04. The van der Waals surface area contributed by atoms with Crippen LogP contribution in [0.1, 0.15) is 37.8 Å². The number of rotatable bonds is 5. The zero-order valence-electron chi connectivity index (χ0n) is 12.0. The molecule has 1 aliphatic carbocycles. The van der Waals surface area contributed by atoms with Crippen LogP contribution in [0.25, 0.3) is 0 Å². The van der Waals surface area contributed by atoms with Crippen LogP contribution in [-0.4, -0.2) is 22.7 Å². The number of ether oxygens (including phenoxy) is 1. The van der Waals surface area contributed by atoms with Gasteiger partial charge in [0.2, 0.25) is 0 Å². The number of carboxylic acids is 1. The molecule has 108 valence electrons. The largest absolute Gasteiger partial charge is 0.487 e. The van der Waals surface area contributed by atoms with Crippen molar-refractivity contribution in [3.63, 3.8) is 0 Å². The highest BCUT2D eigenvalue weighted by molar-refractivity contribution is 5.74. The molecule has 1 aromatic rings.